The van der Waals surface area contributed by atoms with Gasteiger partial charge < -0.3 is 9.84 Å². The van der Waals surface area contributed by atoms with Crippen molar-refractivity contribution in [2.24, 2.45) is 5.92 Å². The molecule has 0 radical (unpaired) electrons. The minimum absolute atomic E-state index is 0.728. The molecule has 1 aromatic carbocycles. The third kappa shape index (κ3) is 4.71. The first-order chi connectivity index (χ1) is 12.9. The third-order valence-electron chi connectivity index (χ3n) is 5.73. The monoisotopic (exact) mass is 354 g/mol. The lowest BCUT2D eigenvalue weighted by Gasteiger charge is -2.26. The lowest BCUT2D eigenvalue weighted by atomic mass is 9.93. The van der Waals surface area contributed by atoms with Gasteiger partial charge in [0.05, 0.1) is 0 Å². The molecule has 0 amide bonds. The van der Waals surface area contributed by atoms with Gasteiger partial charge in [-0.15, -0.1) is 0 Å². The number of piperidine rings is 2. The summed E-state index contributed by atoms with van der Waals surface area (Å²) in [5.74, 6) is 2.30. The molecule has 140 valence electrons. The number of likely N-dealkylation sites (tertiary alicyclic amines) is 1. The predicted octanol–water partition coefficient (Wildman–Crippen LogP) is 3.65. The maximum Gasteiger partial charge on any atom is 0.226 e. The second kappa shape index (κ2) is 8.78. The van der Waals surface area contributed by atoms with Crippen LogP contribution in [0.3, 0.4) is 0 Å². The smallest absolute Gasteiger partial charge is 0.226 e. The first-order valence-corrected chi connectivity index (χ1v) is 10.2. The van der Waals surface area contributed by atoms with E-state index in [0.29, 0.717) is 0 Å². The van der Waals surface area contributed by atoms with Crippen LogP contribution in [-0.2, 0) is 13.0 Å². The number of nitrogens with zero attached hydrogens (tertiary/aromatic N) is 3. The molecule has 1 aromatic heterocycles. The van der Waals surface area contributed by atoms with Crippen LogP contribution in [0.4, 0.5) is 0 Å². The molecule has 2 aliphatic heterocycles. The largest absolute Gasteiger partial charge is 0.339 e. The molecule has 1 N–H and O–H groups in total. The summed E-state index contributed by atoms with van der Waals surface area (Å²) in [6.07, 6.45) is 8.60. The van der Waals surface area contributed by atoms with E-state index in [4.69, 9.17) is 4.52 Å². The molecule has 4 rings (SSSR count). The molecule has 0 saturated carbocycles. The number of rotatable bonds is 6. The Hall–Kier alpha value is -1.72. The number of benzene rings is 1. The number of aryl methyl sites for hydroxylation is 1. The third-order valence-corrected chi connectivity index (χ3v) is 5.73. The lowest BCUT2D eigenvalue weighted by Crippen LogP contribution is -2.29. The van der Waals surface area contributed by atoms with Crippen molar-refractivity contribution in [3.05, 3.63) is 35.7 Å². The Bertz CT molecular complexity index is 687. The van der Waals surface area contributed by atoms with Gasteiger partial charge in [0.1, 0.15) is 0 Å². The molecule has 3 heterocycles. The zero-order valence-electron chi connectivity index (χ0n) is 15.6. The topological polar surface area (TPSA) is 54.2 Å². The summed E-state index contributed by atoms with van der Waals surface area (Å²) in [7, 11) is 0. The summed E-state index contributed by atoms with van der Waals surface area (Å²) < 4.78 is 5.51. The van der Waals surface area contributed by atoms with E-state index < -0.39 is 0 Å². The fourth-order valence-corrected chi connectivity index (χ4v) is 4.16. The van der Waals surface area contributed by atoms with E-state index in [9.17, 15) is 0 Å². The normalized spacial score (nSPS) is 19.7. The standard InChI is InChI=1S/C21H30N4O/c1-2-13-25(14-3-1)16-18-5-4-6-19(15-18)21-23-20(26-24-21)8-7-17-9-11-22-12-10-17/h4-6,15,17,22H,1-3,7-14,16H2. The highest BCUT2D eigenvalue weighted by molar-refractivity contribution is 5.55. The molecule has 5 heteroatoms. The summed E-state index contributed by atoms with van der Waals surface area (Å²) in [6, 6.07) is 8.62. The Morgan fingerprint density at radius 3 is 2.81 bits per heavy atom. The van der Waals surface area contributed by atoms with E-state index in [0.717, 1.165) is 55.7 Å². The Kier molecular flexibility index (Phi) is 5.97. The van der Waals surface area contributed by atoms with E-state index in [-0.39, 0.29) is 0 Å². The lowest BCUT2D eigenvalue weighted by molar-refractivity contribution is 0.221. The molecule has 0 bridgehead atoms. The van der Waals surface area contributed by atoms with E-state index in [1.807, 2.05) is 0 Å². The summed E-state index contributed by atoms with van der Waals surface area (Å²) >= 11 is 0. The van der Waals surface area contributed by atoms with Crippen molar-refractivity contribution in [2.75, 3.05) is 26.2 Å². The van der Waals surface area contributed by atoms with Crippen LogP contribution in [0.1, 0.15) is 50.0 Å². The van der Waals surface area contributed by atoms with Crippen molar-refractivity contribution in [3.8, 4) is 11.4 Å². The molecule has 0 unspecified atom stereocenters. The Morgan fingerprint density at radius 1 is 1.12 bits per heavy atom. The predicted molar refractivity (Wildman–Crippen MR) is 103 cm³/mol. The zero-order chi connectivity index (χ0) is 17.6. The van der Waals surface area contributed by atoms with Gasteiger partial charge in [0.15, 0.2) is 0 Å². The number of hydrogen-bond donors (Lipinski definition) is 1. The van der Waals surface area contributed by atoms with Crippen LogP contribution in [0.15, 0.2) is 28.8 Å². The molecular weight excluding hydrogens is 324 g/mol. The van der Waals surface area contributed by atoms with Gasteiger partial charge in [-0.2, -0.15) is 4.98 Å². The van der Waals surface area contributed by atoms with Crippen LogP contribution in [0.2, 0.25) is 0 Å². The van der Waals surface area contributed by atoms with E-state index >= 15 is 0 Å². The number of hydrogen-bond acceptors (Lipinski definition) is 5. The zero-order valence-corrected chi connectivity index (χ0v) is 15.6. The molecule has 2 saturated heterocycles. The summed E-state index contributed by atoms with van der Waals surface area (Å²) in [5.41, 5.74) is 2.40. The Balaban J connectivity index is 1.36. The Morgan fingerprint density at radius 2 is 1.96 bits per heavy atom. The molecule has 0 aliphatic carbocycles. The highest BCUT2D eigenvalue weighted by atomic mass is 16.5. The van der Waals surface area contributed by atoms with E-state index in [2.05, 4.69) is 44.6 Å². The first kappa shape index (κ1) is 17.7. The molecule has 5 nitrogen and oxygen atoms in total. The highest BCUT2D eigenvalue weighted by Crippen LogP contribution is 2.22. The number of nitrogens with one attached hydrogen (secondary N) is 1. The average Bonchev–Trinajstić information content (AvgIpc) is 3.17. The van der Waals surface area contributed by atoms with Crippen LogP contribution in [0, 0.1) is 5.92 Å². The minimum atomic E-state index is 0.728. The minimum Gasteiger partial charge on any atom is -0.339 e. The van der Waals surface area contributed by atoms with Crippen LogP contribution in [-0.4, -0.2) is 41.2 Å². The molecule has 26 heavy (non-hydrogen) atoms. The van der Waals surface area contributed by atoms with Crippen molar-refractivity contribution in [3.63, 3.8) is 0 Å². The molecule has 2 aromatic rings. The SMILES string of the molecule is c1cc(CN2CCCCC2)cc(-c2noc(CCC3CCNCC3)n2)c1. The molecule has 0 atom stereocenters. The van der Waals surface area contributed by atoms with Crippen molar-refractivity contribution >= 4 is 0 Å². The maximum atomic E-state index is 5.51. The van der Waals surface area contributed by atoms with Crippen LogP contribution >= 0.6 is 0 Å². The number of aromatic nitrogens is 2. The van der Waals surface area contributed by atoms with Gasteiger partial charge in [-0.3, -0.25) is 4.90 Å². The molecular formula is C21H30N4O. The van der Waals surface area contributed by atoms with E-state index in [1.165, 1.54) is 50.8 Å². The van der Waals surface area contributed by atoms with Gasteiger partial charge >= 0.3 is 0 Å². The van der Waals surface area contributed by atoms with Gasteiger partial charge in [0.25, 0.3) is 0 Å². The van der Waals surface area contributed by atoms with Crippen LogP contribution in [0.25, 0.3) is 11.4 Å². The summed E-state index contributed by atoms with van der Waals surface area (Å²) in [4.78, 5) is 7.19. The van der Waals surface area contributed by atoms with Gasteiger partial charge in [0, 0.05) is 18.5 Å². The second-order valence-corrected chi connectivity index (χ2v) is 7.78. The van der Waals surface area contributed by atoms with Gasteiger partial charge in [-0.05, 0) is 75.8 Å². The van der Waals surface area contributed by atoms with Crippen molar-refractivity contribution in [1.82, 2.24) is 20.4 Å². The molecule has 0 spiro atoms. The summed E-state index contributed by atoms with van der Waals surface area (Å²) in [6.45, 7) is 5.74. The fourth-order valence-electron chi connectivity index (χ4n) is 4.16. The Labute approximate surface area is 156 Å². The van der Waals surface area contributed by atoms with Crippen LogP contribution < -0.4 is 5.32 Å². The van der Waals surface area contributed by atoms with E-state index in [1.54, 1.807) is 0 Å². The van der Waals surface area contributed by atoms with Crippen molar-refractivity contribution in [1.29, 1.82) is 0 Å². The van der Waals surface area contributed by atoms with Crippen molar-refractivity contribution < 1.29 is 4.52 Å². The van der Waals surface area contributed by atoms with Crippen molar-refractivity contribution in [2.45, 2.75) is 51.5 Å². The second-order valence-electron chi connectivity index (χ2n) is 7.78. The first-order valence-electron chi connectivity index (χ1n) is 10.2. The summed E-state index contributed by atoms with van der Waals surface area (Å²) in [5, 5.41) is 7.64. The molecule has 2 aliphatic rings. The van der Waals surface area contributed by atoms with Gasteiger partial charge in [-0.25, -0.2) is 0 Å². The average molecular weight is 354 g/mol. The van der Waals surface area contributed by atoms with Gasteiger partial charge in [0.2, 0.25) is 11.7 Å². The maximum absolute atomic E-state index is 5.51. The highest BCUT2D eigenvalue weighted by Gasteiger charge is 2.16. The quantitative estimate of drug-likeness (QED) is 0.858. The van der Waals surface area contributed by atoms with Crippen LogP contribution in [0.5, 0.6) is 0 Å². The fraction of sp³-hybridized carbons (Fsp3) is 0.619. The van der Waals surface area contributed by atoms with Gasteiger partial charge in [-0.1, -0.05) is 29.8 Å². The molecule has 2 fully saturated rings.